The van der Waals surface area contributed by atoms with Gasteiger partial charge in [-0.05, 0) is 24.8 Å². The molecule has 2 heterocycles. The molecule has 0 aromatic carbocycles. The first-order valence-electron chi connectivity index (χ1n) is 17.8. The van der Waals surface area contributed by atoms with Crippen molar-refractivity contribution >= 4 is 35.2 Å². The van der Waals surface area contributed by atoms with Gasteiger partial charge in [-0.1, -0.05) is 87.6 Å². The van der Waals surface area contributed by atoms with Crippen molar-refractivity contribution in [1.82, 2.24) is 14.9 Å². The number of aliphatic hydroxyl groups excluding tert-OH is 1. The van der Waals surface area contributed by atoms with Crippen molar-refractivity contribution in [3.8, 4) is 11.8 Å². The summed E-state index contributed by atoms with van der Waals surface area (Å²) in [5.74, 6) is 5.56. The number of nitrogens with zero attached hydrogens (tertiary/aromatic N) is 5. The number of anilines is 1. The predicted molar refractivity (Wildman–Crippen MR) is 195 cm³/mol. The fourth-order valence-electron chi connectivity index (χ4n) is 5.40. The largest absolute Gasteiger partial charge is 0.490 e. The van der Waals surface area contributed by atoms with Gasteiger partial charge in [0.25, 0.3) is 0 Å². The van der Waals surface area contributed by atoms with Crippen LogP contribution in [0.4, 0.5) is 5.82 Å². The third-order valence-corrected chi connectivity index (χ3v) is 11.9. The van der Waals surface area contributed by atoms with Crippen LogP contribution in [0.3, 0.4) is 0 Å². The first-order valence-corrected chi connectivity index (χ1v) is 22.3. The number of carbonyl (C=O) groups is 1. The Kier molecular flexibility index (Phi) is 21.8. The number of aromatic nitrogens is 2. The highest BCUT2D eigenvalue weighted by Crippen LogP contribution is 2.66. The molecule has 0 bridgehead atoms. The molecular formula is C30H52N7O14P3. The van der Waals surface area contributed by atoms with E-state index in [0.29, 0.717) is 32.4 Å². The highest BCUT2D eigenvalue weighted by molar-refractivity contribution is 7.66. The maximum absolute atomic E-state index is 12.5. The molecule has 5 atom stereocenters. The highest BCUT2D eigenvalue weighted by atomic mass is 31.3. The van der Waals surface area contributed by atoms with E-state index >= 15 is 0 Å². The molecule has 0 spiro atoms. The summed E-state index contributed by atoms with van der Waals surface area (Å²) in [5, 5.41) is 16.8. The minimum atomic E-state index is -5.73. The fourth-order valence-corrected chi connectivity index (χ4v) is 8.43. The zero-order chi connectivity index (χ0) is 40.0. The summed E-state index contributed by atoms with van der Waals surface area (Å²) < 4.78 is 52.6. The van der Waals surface area contributed by atoms with E-state index in [1.54, 1.807) is 0 Å². The molecule has 0 aliphatic carbocycles. The lowest BCUT2D eigenvalue weighted by Crippen LogP contribution is -2.29. The number of hydrogen-bond acceptors (Lipinski definition) is 13. The number of azide groups is 1. The van der Waals surface area contributed by atoms with Crippen molar-refractivity contribution in [2.45, 2.75) is 128 Å². The van der Waals surface area contributed by atoms with Gasteiger partial charge in [-0.15, -0.1) is 0 Å². The first kappa shape index (κ1) is 47.5. The molecule has 54 heavy (non-hydrogen) atoms. The molecule has 2 unspecified atom stereocenters. The second-order valence-corrected chi connectivity index (χ2v) is 17.0. The molecule has 0 saturated carbocycles. The molecule has 1 fully saturated rings. The standard InChI is InChI=1S/C30H52N7O14P3/c31-29-24(17-13-12-15-19-33-27(39)18-14-10-8-6-4-2-1-3-5-7-9-11-16-20-34-36-32)22-37(30(40)35-29)28-21-25(38)26(49-28)23-48-53(44,45)51-54(46,47)50-52(41,42)43/h22,25-26,28,38H,1-12,14-16,18-21,23H2,(H,33,39)(H,44,45)(H,46,47)(H2,31,35,40)(H2,41,42,43)/t25-,26-,28-/m1/s1. The maximum atomic E-state index is 12.5. The van der Waals surface area contributed by atoms with Gasteiger partial charge < -0.3 is 40.5 Å². The SMILES string of the molecule is [N-]=[N+]=NCCCCCCCCCCCCCCCC(=O)NCCCC#Cc1cn([C@H]2C[C@@H](O)[C@@H](COP(=O)(O)OP(=O)(O)OP(=O)(O)O)O2)c(=O)nc1N. The van der Waals surface area contributed by atoms with E-state index < -0.39 is 54.2 Å². The monoisotopic (exact) mass is 827 g/mol. The number of nitrogens with one attached hydrogen (secondary N) is 1. The quantitative estimate of drug-likeness (QED) is 0.0156. The van der Waals surface area contributed by atoms with Gasteiger partial charge in [0.05, 0.1) is 18.3 Å². The Bertz CT molecular complexity index is 1640. The lowest BCUT2D eigenvalue weighted by molar-refractivity contribution is -0.121. The van der Waals surface area contributed by atoms with Gasteiger partial charge in [0.15, 0.2) is 0 Å². The van der Waals surface area contributed by atoms with Crippen LogP contribution >= 0.6 is 23.5 Å². The van der Waals surface area contributed by atoms with Crippen molar-refractivity contribution in [3.05, 3.63) is 32.7 Å². The van der Waals surface area contributed by atoms with Crippen LogP contribution in [0, 0.1) is 11.8 Å². The number of nitrogens with two attached hydrogens (primary N) is 1. The topological polar surface area (TPSA) is 328 Å². The third kappa shape index (κ3) is 20.9. The second kappa shape index (κ2) is 24.8. The van der Waals surface area contributed by atoms with Gasteiger partial charge in [-0.3, -0.25) is 13.9 Å². The van der Waals surface area contributed by atoms with Crippen LogP contribution in [0.1, 0.15) is 121 Å². The zero-order valence-corrected chi connectivity index (χ0v) is 32.7. The number of rotatable bonds is 27. The number of hydrogen-bond donors (Lipinski definition) is 7. The summed E-state index contributed by atoms with van der Waals surface area (Å²) in [6.45, 7) is 0.120. The van der Waals surface area contributed by atoms with Gasteiger partial charge in [-0.2, -0.15) is 13.6 Å². The number of unbranched alkanes of at least 4 members (excludes halogenated alkanes) is 13. The van der Waals surface area contributed by atoms with Crippen molar-refractivity contribution in [3.63, 3.8) is 0 Å². The van der Waals surface area contributed by atoms with Crippen molar-refractivity contribution < 1.29 is 61.1 Å². The minimum Gasteiger partial charge on any atom is -0.390 e. The summed E-state index contributed by atoms with van der Waals surface area (Å²) in [7, 11) is -16.8. The average molecular weight is 828 g/mol. The van der Waals surface area contributed by atoms with E-state index in [1.807, 2.05) is 0 Å². The molecule has 2 rings (SSSR count). The van der Waals surface area contributed by atoms with Gasteiger partial charge in [0.1, 0.15) is 18.1 Å². The van der Waals surface area contributed by atoms with Crippen LogP contribution in [0.15, 0.2) is 16.1 Å². The summed E-state index contributed by atoms with van der Waals surface area (Å²) in [4.78, 5) is 67.3. The van der Waals surface area contributed by atoms with Crippen LogP contribution in [0.25, 0.3) is 10.4 Å². The minimum absolute atomic E-state index is 0.0135. The Morgan fingerprint density at radius 1 is 0.981 bits per heavy atom. The molecule has 1 amide bonds. The number of ether oxygens (including phenoxy) is 1. The number of phosphoric acid groups is 3. The van der Waals surface area contributed by atoms with Gasteiger partial charge in [0, 0.05) is 43.5 Å². The van der Waals surface area contributed by atoms with Crippen LogP contribution in [0.2, 0.25) is 0 Å². The van der Waals surface area contributed by atoms with Crippen LogP contribution in [-0.2, 0) is 36.4 Å². The molecule has 0 radical (unpaired) electrons. The van der Waals surface area contributed by atoms with Gasteiger partial charge in [0.2, 0.25) is 5.91 Å². The van der Waals surface area contributed by atoms with Crippen molar-refractivity contribution in [1.29, 1.82) is 0 Å². The lowest BCUT2D eigenvalue weighted by Gasteiger charge is -2.19. The Morgan fingerprint density at radius 2 is 1.57 bits per heavy atom. The Balaban J connectivity index is 1.64. The molecule has 1 aliphatic heterocycles. The average Bonchev–Trinajstić information content (AvgIpc) is 3.44. The zero-order valence-electron chi connectivity index (χ0n) is 30.0. The van der Waals surface area contributed by atoms with Crippen molar-refractivity contribution in [2.24, 2.45) is 5.11 Å². The van der Waals surface area contributed by atoms with E-state index in [1.165, 1.54) is 57.6 Å². The van der Waals surface area contributed by atoms with E-state index in [-0.39, 0.29) is 23.7 Å². The number of amides is 1. The Labute approximate surface area is 313 Å². The number of carbonyl (C=O) groups excluding carboxylic acids is 1. The predicted octanol–water partition coefficient (Wildman–Crippen LogP) is 4.84. The summed E-state index contributed by atoms with van der Waals surface area (Å²) in [6, 6.07) is 0. The first-order chi connectivity index (χ1) is 25.5. The van der Waals surface area contributed by atoms with E-state index in [2.05, 4.69) is 45.3 Å². The number of phosphoric ester groups is 1. The molecule has 21 nitrogen and oxygen atoms in total. The molecule has 1 aliphatic rings. The molecule has 24 heteroatoms. The number of aliphatic hydroxyl groups is 1. The van der Waals surface area contributed by atoms with Crippen molar-refractivity contribution in [2.75, 3.05) is 25.4 Å². The Morgan fingerprint density at radius 3 is 2.17 bits per heavy atom. The van der Waals surface area contributed by atoms with E-state index in [9.17, 15) is 38.2 Å². The summed E-state index contributed by atoms with van der Waals surface area (Å²) >= 11 is 0. The summed E-state index contributed by atoms with van der Waals surface area (Å²) in [5.41, 5.74) is 13.4. The molecule has 8 N–H and O–H groups in total. The molecule has 1 aromatic heterocycles. The molecular weight excluding hydrogens is 775 g/mol. The third-order valence-electron chi connectivity index (χ3n) is 8.06. The lowest BCUT2D eigenvalue weighted by atomic mass is 10.0. The van der Waals surface area contributed by atoms with E-state index in [4.69, 9.17) is 25.8 Å². The molecule has 1 saturated heterocycles. The molecule has 306 valence electrons. The fraction of sp³-hybridized carbons (Fsp3) is 0.767. The van der Waals surface area contributed by atoms with Crippen LogP contribution < -0.4 is 16.7 Å². The van der Waals surface area contributed by atoms with Crippen LogP contribution in [-0.4, -0.2) is 72.0 Å². The van der Waals surface area contributed by atoms with Gasteiger partial charge >= 0.3 is 29.2 Å². The highest BCUT2D eigenvalue weighted by Gasteiger charge is 2.43. The second-order valence-electron chi connectivity index (χ2n) is 12.6. The molecule has 1 aromatic rings. The number of nitrogen functional groups attached to an aromatic ring is 1. The van der Waals surface area contributed by atoms with Gasteiger partial charge in [-0.25, -0.2) is 18.5 Å². The van der Waals surface area contributed by atoms with Crippen LogP contribution in [0.5, 0.6) is 0 Å². The Hall–Kier alpha value is -2.65. The smallest absolute Gasteiger partial charge is 0.390 e. The maximum Gasteiger partial charge on any atom is 0.490 e. The summed E-state index contributed by atoms with van der Waals surface area (Å²) in [6.07, 6.45) is 13.5. The normalized spacial score (nSPS) is 19.2. The van der Waals surface area contributed by atoms with E-state index in [0.717, 1.165) is 36.7 Å².